The third-order valence-electron chi connectivity index (χ3n) is 3.38. The first-order valence-electron chi connectivity index (χ1n) is 6.73. The molecule has 0 bridgehead atoms. The number of carbonyl (C=O) groups is 1. The third-order valence-corrected chi connectivity index (χ3v) is 3.38. The molecule has 1 aliphatic heterocycles. The first kappa shape index (κ1) is 13.7. The lowest BCUT2D eigenvalue weighted by molar-refractivity contribution is -0.130. The molecule has 1 amide bonds. The molecule has 0 aliphatic carbocycles. The van der Waals surface area contributed by atoms with Crippen LogP contribution in [0.5, 0.6) is 5.75 Å². The summed E-state index contributed by atoms with van der Waals surface area (Å²) < 4.78 is 0. The highest BCUT2D eigenvalue weighted by Gasteiger charge is 2.21. The smallest absolute Gasteiger partial charge is 0.236 e. The lowest BCUT2D eigenvalue weighted by Gasteiger charge is -2.36. The van der Waals surface area contributed by atoms with Gasteiger partial charge in [0.25, 0.3) is 0 Å². The van der Waals surface area contributed by atoms with E-state index in [1.165, 1.54) is 0 Å². The van der Waals surface area contributed by atoms with Crippen LogP contribution in [-0.4, -0.2) is 55.2 Å². The first-order valence-corrected chi connectivity index (χ1v) is 6.73. The molecule has 19 heavy (non-hydrogen) atoms. The molecule has 1 aromatic rings. The van der Waals surface area contributed by atoms with E-state index >= 15 is 0 Å². The van der Waals surface area contributed by atoms with Crippen LogP contribution in [0.2, 0.25) is 0 Å². The van der Waals surface area contributed by atoms with Crippen molar-refractivity contribution in [2.75, 3.05) is 44.2 Å². The number of amides is 1. The van der Waals surface area contributed by atoms with E-state index in [0.29, 0.717) is 25.4 Å². The van der Waals surface area contributed by atoms with Crippen molar-refractivity contribution in [3.8, 4) is 5.75 Å². The fraction of sp³-hybridized carbons (Fsp3) is 0.500. The number of phenolic OH excluding ortho intramolecular Hbond substituents is 1. The predicted molar refractivity (Wildman–Crippen MR) is 75.4 cm³/mol. The van der Waals surface area contributed by atoms with Crippen molar-refractivity contribution in [3.63, 3.8) is 0 Å². The minimum Gasteiger partial charge on any atom is -0.506 e. The highest BCUT2D eigenvalue weighted by Crippen LogP contribution is 2.27. The zero-order valence-electron chi connectivity index (χ0n) is 11.3. The van der Waals surface area contributed by atoms with Crippen molar-refractivity contribution in [1.29, 1.82) is 0 Å². The Labute approximate surface area is 113 Å². The number of likely N-dealkylation sites (N-methyl/N-ethyl adjacent to an activating group) is 1. The van der Waals surface area contributed by atoms with Crippen LogP contribution in [0, 0.1) is 0 Å². The molecule has 1 aromatic carbocycles. The number of phenols is 1. The number of anilines is 1. The van der Waals surface area contributed by atoms with Gasteiger partial charge in [-0.15, -0.1) is 0 Å². The number of hydrogen-bond acceptors (Lipinski definition) is 4. The average Bonchev–Trinajstić information content (AvgIpc) is 2.45. The van der Waals surface area contributed by atoms with Crippen molar-refractivity contribution in [2.24, 2.45) is 0 Å². The fourth-order valence-corrected chi connectivity index (χ4v) is 2.27. The van der Waals surface area contributed by atoms with Gasteiger partial charge in [0, 0.05) is 26.2 Å². The molecule has 1 saturated heterocycles. The van der Waals surface area contributed by atoms with Gasteiger partial charge in [-0.1, -0.05) is 19.1 Å². The topological polar surface area (TPSA) is 55.8 Å². The molecule has 0 spiro atoms. The highest BCUT2D eigenvalue weighted by atomic mass is 16.3. The standard InChI is InChI=1S/C14H21N3O2/c1-2-15-11-14(19)17-9-7-16(8-10-17)12-5-3-4-6-13(12)18/h3-6,15,18H,2,7-11H2,1H3. The summed E-state index contributed by atoms with van der Waals surface area (Å²) >= 11 is 0. The molecule has 0 radical (unpaired) electrons. The Bertz CT molecular complexity index is 428. The van der Waals surface area contributed by atoms with Crippen LogP contribution in [0.15, 0.2) is 24.3 Å². The molecule has 0 unspecified atom stereocenters. The summed E-state index contributed by atoms with van der Waals surface area (Å²) in [4.78, 5) is 15.9. The van der Waals surface area contributed by atoms with Crippen LogP contribution in [0.25, 0.3) is 0 Å². The minimum atomic E-state index is 0.152. The van der Waals surface area contributed by atoms with Crippen LogP contribution < -0.4 is 10.2 Å². The van der Waals surface area contributed by atoms with E-state index in [0.717, 1.165) is 25.3 Å². The summed E-state index contributed by atoms with van der Waals surface area (Å²) in [7, 11) is 0. The van der Waals surface area contributed by atoms with E-state index in [4.69, 9.17) is 0 Å². The molecule has 0 atom stereocenters. The Morgan fingerprint density at radius 2 is 1.95 bits per heavy atom. The Kier molecular flexibility index (Phi) is 4.63. The van der Waals surface area contributed by atoms with E-state index in [1.54, 1.807) is 6.07 Å². The summed E-state index contributed by atoms with van der Waals surface area (Å²) in [5.74, 6) is 0.453. The van der Waals surface area contributed by atoms with Gasteiger partial charge in [-0.2, -0.15) is 0 Å². The van der Waals surface area contributed by atoms with Crippen molar-refractivity contribution < 1.29 is 9.90 Å². The molecular formula is C14H21N3O2. The number of benzene rings is 1. The van der Waals surface area contributed by atoms with E-state index < -0.39 is 0 Å². The van der Waals surface area contributed by atoms with Gasteiger partial charge >= 0.3 is 0 Å². The zero-order chi connectivity index (χ0) is 13.7. The number of para-hydroxylation sites is 2. The van der Waals surface area contributed by atoms with Gasteiger partial charge in [0.05, 0.1) is 12.2 Å². The predicted octanol–water partition coefficient (Wildman–Crippen LogP) is 0.650. The van der Waals surface area contributed by atoms with Gasteiger partial charge < -0.3 is 20.2 Å². The van der Waals surface area contributed by atoms with Gasteiger partial charge in [-0.25, -0.2) is 0 Å². The molecule has 0 saturated carbocycles. The molecule has 1 heterocycles. The number of aromatic hydroxyl groups is 1. The highest BCUT2D eigenvalue weighted by molar-refractivity contribution is 5.78. The van der Waals surface area contributed by atoms with Crippen molar-refractivity contribution in [3.05, 3.63) is 24.3 Å². The van der Waals surface area contributed by atoms with Crippen molar-refractivity contribution in [1.82, 2.24) is 10.2 Å². The van der Waals surface area contributed by atoms with Crippen LogP contribution >= 0.6 is 0 Å². The number of hydrogen-bond donors (Lipinski definition) is 2. The van der Waals surface area contributed by atoms with Gasteiger partial charge in [-0.3, -0.25) is 4.79 Å². The zero-order valence-corrected chi connectivity index (χ0v) is 11.3. The summed E-state index contributed by atoms with van der Waals surface area (Å²) in [5, 5.41) is 12.9. The Morgan fingerprint density at radius 1 is 1.26 bits per heavy atom. The molecule has 104 valence electrons. The number of nitrogens with zero attached hydrogens (tertiary/aromatic N) is 2. The normalized spacial score (nSPS) is 15.6. The van der Waals surface area contributed by atoms with Gasteiger partial charge in [0.2, 0.25) is 5.91 Å². The van der Waals surface area contributed by atoms with Crippen molar-refractivity contribution >= 4 is 11.6 Å². The molecule has 5 nitrogen and oxygen atoms in total. The van der Waals surface area contributed by atoms with E-state index in [2.05, 4.69) is 10.2 Å². The minimum absolute atomic E-state index is 0.152. The van der Waals surface area contributed by atoms with Gasteiger partial charge in [0.1, 0.15) is 5.75 Å². The van der Waals surface area contributed by atoms with Crippen LogP contribution in [0.4, 0.5) is 5.69 Å². The number of rotatable bonds is 4. The second-order valence-corrected chi connectivity index (χ2v) is 4.64. The van der Waals surface area contributed by atoms with Gasteiger partial charge in [0.15, 0.2) is 0 Å². The molecule has 1 aliphatic rings. The largest absolute Gasteiger partial charge is 0.506 e. The van der Waals surface area contributed by atoms with Crippen LogP contribution in [0.1, 0.15) is 6.92 Å². The third kappa shape index (κ3) is 3.38. The maximum absolute atomic E-state index is 11.9. The lowest BCUT2D eigenvalue weighted by Crippen LogP contribution is -2.50. The summed E-state index contributed by atoms with van der Waals surface area (Å²) in [5.41, 5.74) is 0.848. The molecule has 1 fully saturated rings. The van der Waals surface area contributed by atoms with E-state index in [-0.39, 0.29) is 5.91 Å². The second kappa shape index (κ2) is 6.43. The molecule has 2 rings (SSSR count). The molecular weight excluding hydrogens is 242 g/mol. The van der Waals surface area contributed by atoms with Crippen molar-refractivity contribution in [2.45, 2.75) is 6.92 Å². The van der Waals surface area contributed by atoms with Crippen LogP contribution in [0.3, 0.4) is 0 Å². The maximum atomic E-state index is 11.9. The maximum Gasteiger partial charge on any atom is 0.236 e. The average molecular weight is 263 g/mol. The first-order chi connectivity index (χ1) is 9.22. The molecule has 0 aromatic heterocycles. The summed E-state index contributed by atoms with van der Waals surface area (Å²) in [6.45, 7) is 6.14. The summed E-state index contributed by atoms with van der Waals surface area (Å²) in [6.07, 6.45) is 0. The van der Waals surface area contributed by atoms with E-state index in [9.17, 15) is 9.90 Å². The fourth-order valence-electron chi connectivity index (χ4n) is 2.27. The number of nitrogens with one attached hydrogen (secondary N) is 1. The Balaban J connectivity index is 1.89. The summed E-state index contributed by atoms with van der Waals surface area (Å²) in [6, 6.07) is 7.33. The van der Waals surface area contributed by atoms with Crippen LogP contribution in [-0.2, 0) is 4.79 Å². The molecule has 2 N–H and O–H groups in total. The Hall–Kier alpha value is -1.75. The van der Waals surface area contributed by atoms with E-state index in [1.807, 2.05) is 30.0 Å². The Morgan fingerprint density at radius 3 is 2.58 bits per heavy atom. The number of piperazine rings is 1. The SMILES string of the molecule is CCNCC(=O)N1CCN(c2ccccc2O)CC1. The quantitative estimate of drug-likeness (QED) is 0.837. The molecule has 5 heteroatoms. The van der Waals surface area contributed by atoms with Gasteiger partial charge in [-0.05, 0) is 18.7 Å². The number of carbonyl (C=O) groups excluding carboxylic acids is 1. The lowest BCUT2D eigenvalue weighted by atomic mass is 10.2. The monoisotopic (exact) mass is 263 g/mol. The second-order valence-electron chi connectivity index (χ2n) is 4.64.